The summed E-state index contributed by atoms with van der Waals surface area (Å²) in [6, 6.07) is 8.07. The first-order valence-electron chi connectivity index (χ1n) is 7.90. The monoisotopic (exact) mass is 315 g/mol. The van der Waals surface area contributed by atoms with Crippen LogP contribution in [0.25, 0.3) is 11.3 Å². The minimum atomic E-state index is -0.178. The summed E-state index contributed by atoms with van der Waals surface area (Å²) >= 11 is 0. The van der Waals surface area contributed by atoms with Gasteiger partial charge in [0.25, 0.3) is 5.91 Å². The number of benzene rings is 1. The van der Waals surface area contributed by atoms with Gasteiger partial charge < -0.3 is 10.1 Å². The Morgan fingerprint density at radius 1 is 1.26 bits per heavy atom. The molecule has 1 heterocycles. The van der Waals surface area contributed by atoms with E-state index in [1.54, 1.807) is 4.68 Å². The van der Waals surface area contributed by atoms with Crippen LogP contribution in [0.3, 0.4) is 0 Å². The van der Waals surface area contributed by atoms with Gasteiger partial charge in [-0.15, -0.1) is 0 Å². The molecule has 5 nitrogen and oxygen atoms in total. The first-order chi connectivity index (χ1) is 10.9. The largest absolute Gasteiger partial charge is 0.377 e. The fourth-order valence-corrected chi connectivity index (χ4v) is 2.30. The first kappa shape index (κ1) is 17.2. The molecular weight excluding hydrogens is 290 g/mol. The summed E-state index contributed by atoms with van der Waals surface area (Å²) in [5.74, 6) is -0.178. The number of amides is 1. The van der Waals surface area contributed by atoms with Crippen LogP contribution in [0, 0.1) is 13.8 Å². The van der Waals surface area contributed by atoms with Crippen LogP contribution in [0.5, 0.6) is 0 Å². The van der Waals surface area contributed by atoms with Gasteiger partial charge in [0.05, 0.1) is 18.4 Å². The van der Waals surface area contributed by atoms with Crippen LogP contribution < -0.4 is 5.32 Å². The molecule has 1 N–H and O–H groups in total. The summed E-state index contributed by atoms with van der Waals surface area (Å²) in [7, 11) is 1.85. The molecule has 0 aliphatic rings. The molecule has 0 fully saturated rings. The van der Waals surface area contributed by atoms with Gasteiger partial charge in [0.2, 0.25) is 0 Å². The number of aromatic nitrogens is 2. The molecule has 2 aromatic rings. The molecule has 0 saturated heterocycles. The Balaban J connectivity index is 2.08. The third-order valence-electron chi connectivity index (χ3n) is 3.75. The molecule has 0 aliphatic carbocycles. The summed E-state index contributed by atoms with van der Waals surface area (Å²) in [6.07, 6.45) is 0.165. The summed E-state index contributed by atoms with van der Waals surface area (Å²) < 4.78 is 7.15. The van der Waals surface area contributed by atoms with Crippen LogP contribution in [-0.4, -0.2) is 34.9 Å². The second kappa shape index (κ2) is 7.42. The van der Waals surface area contributed by atoms with Crippen molar-refractivity contribution in [3.63, 3.8) is 0 Å². The predicted octanol–water partition coefficient (Wildman–Crippen LogP) is 2.86. The van der Waals surface area contributed by atoms with Crippen molar-refractivity contribution in [2.75, 3.05) is 13.2 Å². The lowest BCUT2D eigenvalue weighted by atomic mass is 10.0. The van der Waals surface area contributed by atoms with Crippen LogP contribution in [0.2, 0.25) is 0 Å². The molecule has 1 amide bonds. The van der Waals surface area contributed by atoms with E-state index in [0.29, 0.717) is 18.8 Å². The zero-order valence-electron chi connectivity index (χ0n) is 14.5. The third-order valence-corrected chi connectivity index (χ3v) is 3.75. The second-order valence-corrected chi connectivity index (χ2v) is 6.01. The molecule has 0 bridgehead atoms. The van der Waals surface area contributed by atoms with Gasteiger partial charge >= 0.3 is 0 Å². The first-order valence-corrected chi connectivity index (χ1v) is 7.90. The number of nitrogens with one attached hydrogen (secondary N) is 1. The molecule has 0 atom stereocenters. The van der Waals surface area contributed by atoms with E-state index in [2.05, 4.69) is 42.5 Å². The van der Waals surface area contributed by atoms with E-state index in [0.717, 1.165) is 11.3 Å². The van der Waals surface area contributed by atoms with E-state index in [1.165, 1.54) is 11.1 Å². The summed E-state index contributed by atoms with van der Waals surface area (Å²) in [6.45, 7) is 9.08. The Hall–Kier alpha value is -2.14. The molecule has 2 rings (SSSR count). The molecule has 0 spiro atoms. The van der Waals surface area contributed by atoms with E-state index in [4.69, 9.17) is 4.74 Å². The van der Waals surface area contributed by atoms with Crippen LogP contribution in [0.4, 0.5) is 0 Å². The predicted molar refractivity (Wildman–Crippen MR) is 91.5 cm³/mol. The maximum atomic E-state index is 12.2. The van der Waals surface area contributed by atoms with E-state index >= 15 is 0 Å². The van der Waals surface area contributed by atoms with Gasteiger partial charge in [0, 0.05) is 19.2 Å². The van der Waals surface area contributed by atoms with E-state index in [9.17, 15) is 4.79 Å². The lowest BCUT2D eigenvalue weighted by molar-refractivity contribution is 0.0744. The number of aryl methyl sites for hydroxylation is 3. The van der Waals surface area contributed by atoms with Crippen molar-refractivity contribution >= 4 is 5.91 Å². The molecule has 23 heavy (non-hydrogen) atoms. The topological polar surface area (TPSA) is 56.1 Å². The Bertz CT molecular complexity index is 690. The van der Waals surface area contributed by atoms with Gasteiger partial charge in [-0.3, -0.25) is 9.48 Å². The summed E-state index contributed by atoms with van der Waals surface area (Å²) in [4.78, 5) is 12.2. The quantitative estimate of drug-likeness (QED) is 0.834. The highest BCUT2D eigenvalue weighted by atomic mass is 16.5. The van der Waals surface area contributed by atoms with Crippen molar-refractivity contribution in [1.82, 2.24) is 15.1 Å². The van der Waals surface area contributed by atoms with Gasteiger partial charge in [-0.1, -0.05) is 12.1 Å². The standard InChI is InChI=1S/C18H25N3O2/c1-12(2)23-9-8-19-18(22)16-11-17(21(5)20-16)15-7-6-13(3)14(4)10-15/h6-7,10-12H,8-9H2,1-5H3,(H,19,22). The molecule has 5 heteroatoms. The Kier molecular flexibility index (Phi) is 5.55. The van der Waals surface area contributed by atoms with Crippen molar-refractivity contribution in [3.8, 4) is 11.3 Å². The molecule has 0 radical (unpaired) electrons. The number of ether oxygens (including phenoxy) is 1. The Morgan fingerprint density at radius 2 is 2.00 bits per heavy atom. The lowest BCUT2D eigenvalue weighted by Gasteiger charge is -2.07. The number of hydrogen-bond donors (Lipinski definition) is 1. The molecular formula is C18H25N3O2. The summed E-state index contributed by atoms with van der Waals surface area (Å²) in [5.41, 5.74) is 4.88. The number of carbonyl (C=O) groups is 1. The van der Waals surface area contributed by atoms with E-state index in [1.807, 2.05) is 27.0 Å². The van der Waals surface area contributed by atoms with Gasteiger partial charge in [-0.05, 0) is 51.0 Å². The minimum Gasteiger partial charge on any atom is -0.377 e. The van der Waals surface area contributed by atoms with Crippen LogP contribution in [0.15, 0.2) is 24.3 Å². The van der Waals surface area contributed by atoms with Crippen LogP contribution >= 0.6 is 0 Å². The van der Waals surface area contributed by atoms with Gasteiger partial charge in [0.1, 0.15) is 0 Å². The summed E-state index contributed by atoms with van der Waals surface area (Å²) in [5, 5.41) is 7.14. The zero-order chi connectivity index (χ0) is 17.0. The van der Waals surface area contributed by atoms with Gasteiger partial charge in [-0.2, -0.15) is 5.10 Å². The maximum absolute atomic E-state index is 12.2. The van der Waals surface area contributed by atoms with E-state index < -0.39 is 0 Å². The maximum Gasteiger partial charge on any atom is 0.271 e. The fourth-order valence-electron chi connectivity index (χ4n) is 2.30. The highest BCUT2D eigenvalue weighted by Gasteiger charge is 2.14. The molecule has 0 unspecified atom stereocenters. The average Bonchev–Trinajstić information content (AvgIpc) is 2.88. The minimum absolute atomic E-state index is 0.165. The van der Waals surface area contributed by atoms with Crippen molar-refractivity contribution in [1.29, 1.82) is 0 Å². The molecule has 1 aromatic carbocycles. The van der Waals surface area contributed by atoms with Gasteiger partial charge in [-0.25, -0.2) is 0 Å². The van der Waals surface area contributed by atoms with Crippen molar-refractivity contribution < 1.29 is 9.53 Å². The van der Waals surface area contributed by atoms with Crippen molar-refractivity contribution in [2.24, 2.45) is 7.05 Å². The van der Waals surface area contributed by atoms with E-state index in [-0.39, 0.29) is 12.0 Å². The Labute approximate surface area is 137 Å². The zero-order valence-corrected chi connectivity index (χ0v) is 14.5. The molecule has 0 aliphatic heterocycles. The van der Waals surface area contributed by atoms with Gasteiger partial charge in [0.15, 0.2) is 5.69 Å². The number of nitrogens with zero attached hydrogens (tertiary/aromatic N) is 2. The van der Waals surface area contributed by atoms with Crippen LogP contribution in [0.1, 0.15) is 35.5 Å². The highest BCUT2D eigenvalue weighted by Crippen LogP contribution is 2.22. The van der Waals surface area contributed by atoms with Crippen LogP contribution in [-0.2, 0) is 11.8 Å². The Morgan fingerprint density at radius 3 is 2.65 bits per heavy atom. The number of hydrogen-bond acceptors (Lipinski definition) is 3. The average molecular weight is 315 g/mol. The normalized spacial score (nSPS) is 11.0. The number of rotatable bonds is 6. The smallest absolute Gasteiger partial charge is 0.271 e. The second-order valence-electron chi connectivity index (χ2n) is 6.01. The number of carbonyl (C=O) groups excluding carboxylic acids is 1. The SMILES string of the molecule is Cc1ccc(-c2cc(C(=O)NCCOC(C)C)nn2C)cc1C. The van der Waals surface area contributed by atoms with Crippen molar-refractivity contribution in [3.05, 3.63) is 41.1 Å². The molecule has 1 aromatic heterocycles. The lowest BCUT2D eigenvalue weighted by Crippen LogP contribution is -2.28. The third kappa shape index (κ3) is 4.42. The molecule has 0 saturated carbocycles. The van der Waals surface area contributed by atoms with Crippen molar-refractivity contribution in [2.45, 2.75) is 33.8 Å². The fraction of sp³-hybridized carbons (Fsp3) is 0.444. The highest BCUT2D eigenvalue weighted by molar-refractivity contribution is 5.93. The molecule has 124 valence electrons.